The fourth-order valence-corrected chi connectivity index (χ4v) is 2.74. The number of carbonyl (C=O) groups is 1. The van der Waals surface area contributed by atoms with Crippen molar-refractivity contribution in [3.8, 4) is 5.69 Å². The molecule has 7 nitrogen and oxygen atoms in total. The number of halogens is 1. The quantitative estimate of drug-likeness (QED) is 0.386. The van der Waals surface area contributed by atoms with Crippen molar-refractivity contribution >= 4 is 39.9 Å². The Morgan fingerprint density at radius 3 is 2.75 bits per heavy atom. The minimum atomic E-state index is -0.516. The van der Waals surface area contributed by atoms with E-state index in [1.165, 1.54) is 29.2 Å². The van der Waals surface area contributed by atoms with E-state index in [1.807, 2.05) is 18.2 Å². The summed E-state index contributed by atoms with van der Waals surface area (Å²) in [5.41, 5.74) is 1.03. The average molecular weight is 434 g/mol. The van der Waals surface area contributed by atoms with Crippen LogP contribution in [0, 0.1) is 13.7 Å². The third-order valence-corrected chi connectivity index (χ3v) is 3.97. The van der Waals surface area contributed by atoms with Crippen LogP contribution in [0.25, 0.3) is 5.69 Å². The van der Waals surface area contributed by atoms with Gasteiger partial charge in [0.25, 0.3) is 11.6 Å². The van der Waals surface area contributed by atoms with Crippen molar-refractivity contribution in [3.05, 3.63) is 80.4 Å². The first-order valence-electron chi connectivity index (χ1n) is 6.88. The van der Waals surface area contributed by atoms with E-state index in [0.29, 0.717) is 11.4 Å². The van der Waals surface area contributed by atoms with Crippen LogP contribution in [0.4, 0.5) is 11.4 Å². The number of anilines is 1. The van der Waals surface area contributed by atoms with E-state index in [2.05, 4.69) is 32.9 Å². The van der Waals surface area contributed by atoms with E-state index in [1.54, 1.807) is 18.3 Å². The first-order valence-corrected chi connectivity index (χ1v) is 7.96. The minimum absolute atomic E-state index is 0.164. The van der Waals surface area contributed by atoms with Crippen LogP contribution in [0.1, 0.15) is 10.4 Å². The molecule has 3 aromatic rings. The maximum Gasteiger partial charge on any atom is 0.294 e. The zero-order valence-electron chi connectivity index (χ0n) is 12.2. The molecule has 0 fully saturated rings. The fourth-order valence-electron chi connectivity index (χ4n) is 2.20. The summed E-state index contributed by atoms with van der Waals surface area (Å²) in [5.74, 6) is -0.405. The summed E-state index contributed by atoms with van der Waals surface area (Å²) in [6.07, 6.45) is 4.60. The molecule has 1 amide bonds. The highest BCUT2D eigenvalue weighted by Crippen LogP contribution is 2.25. The lowest BCUT2D eigenvalue weighted by Gasteiger charge is -2.08. The molecule has 0 aliphatic heterocycles. The summed E-state index contributed by atoms with van der Waals surface area (Å²) in [6.45, 7) is 0. The van der Waals surface area contributed by atoms with E-state index in [9.17, 15) is 14.9 Å². The van der Waals surface area contributed by atoms with Crippen LogP contribution in [0.5, 0.6) is 0 Å². The Morgan fingerprint density at radius 2 is 2.08 bits per heavy atom. The number of nitro benzene ring substituents is 1. The minimum Gasteiger partial charge on any atom is -0.322 e. The number of nitro groups is 1. The number of aromatic nitrogens is 2. The van der Waals surface area contributed by atoms with E-state index < -0.39 is 10.8 Å². The van der Waals surface area contributed by atoms with Gasteiger partial charge in [-0.25, -0.2) is 4.98 Å². The standard InChI is InChI=1S/C16H11IN4O3/c17-12-2-1-3-13(9-12)19-16(22)11-4-5-14(15(8-11)21(23)24)20-7-6-18-10-20/h1-10H,(H,19,22). The van der Waals surface area contributed by atoms with Crippen LogP contribution in [0.15, 0.2) is 61.2 Å². The maximum absolute atomic E-state index is 12.3. The lowest BCUT2D eigenvalue weighted by atomic mass is 10.1. The van der Waals surface area contributed by atoms with Gasteiger partial charge in [0.1, 0.15) is 5.69 Å². The molecule has 3 rings (SSSR count). The molecule has 0 atom stereocenters. The smallest absolute Gasteiger partial charge is 0.294 e. The maximum atomic E-state index is 12.3. The number of hydrogen-bond acceptors (Lipinski definition) is 4. The number of nitrogens with zero attached hydrogens (tertiary/aromatic N) is 3. The highest BCUT2D eigenvalue weighted by Gasteiger charge is 2.18. The van der Waals surface area contributed by atoms with Crippen LogP contribution in [-0.2, 0) is 0 Å². The molecular weight excluding hydrogens is 423 g/mol. The van der Waals surface area contributed by atoms with E-state index in [4.69, 9.17) is 0 Å². The van der Waals surface area contributed by atoms with Gasteiger partial charge in [-0.05, 0) is 52.9 Å². The van der Waals surface area contributed by atoms with Gasteiger partial charge in [0, 0.05) is 33.3 Å². The van der Waals surface area contributed by atoms with Gasteiger partial charge < -0.3 is 9.88 Å². The Kier molecular flexibility index (Phi) is 4.56. The summed E-state index contributed by atoms with van der Waals surface area (Å²) in [5, 5.41) is 14.1. The predicted octanol–water partition coefficient (Wildman–Crippen LogP) is 3.64. The van der Waals surface area contributed by atoms with Gasteiger partial charge in [-0.3, -0.25) is 14.9 Å². The summed E-state index contributed by atoms with van der Waals surface area (Å²) in [6, 6.07) is 11.6. The van der Waals surface area contributed by atoms with Crippen LogP contribution in [0.3, 0.4) is 0 Å². The van der Waals surface area contributed by atoms with Crippen LogP contribution in [0.2, 0.25) is 0 Å². The Balaban J connectivity index is 1.93. The summed E-state index contributed by atoms with van der Waals surface area (Å²) in [7, 11) is 0. The van der Waals surface area contributed by atoms with E-state index in [0.717, 1.165) is 3.57 Å². The molecule has 0 aliphatic carbocycles. The number of imidazole rings is 1. The van der Waals surface area contributed by atoms with Crippen molar-refractivity contribution in [1.82, 2.24) is 9.55 Å². The molecule has 1 heterocycles. The van der Waals surface area contributed by atoms with Gasteiger partial charge >= 0.3 is 0 Å². The van der Waals surface area contributed by atoms with Gasteiger partial charge in [0.15, 0.2) is 0 Å². The van der Waals surface area contributed by atoms with Crippen LogP contribution >= 0.6 is 22.6 Å². The molecule has 0 spiro atoms. The highest BCUT2D eigenvalue weighted by molar-refractivity contribution is 14.1. The van der Waals surface area contributed by atoms with Gasteiger partial charge in [-0.1, -0.05) is 6.07 Å². The van der Waals surface area contributed by atoms with Crippen molar-refractivity contribution in [2.24, 2.45) is 0 Å². The highest BCUT2D eigenvalue weighted by atomic mass is 127. The number of amides is 1. The summed E-state index contributed by atoms with van der Waals surface area (Å²) in [4.78, 5) is 27.0. The van der Waals surface area contributed by atoms with Gasteiger partial charge in [-0.2, -0.15) is 0 Å². The van der Waals surface area contributed by atoms with Crippen LogP contribution in [-0.4, -0.2) is 20.4 Å². The van der Waals surface area contributed by atoms with E-state index in [-0.39, 0.29) is 11.3 Å². The van der Waals surface area contributed by atoms with Crippen molar-refractivity contribution < 1.29 is 9.72 Å². The number of rotatable bonds is 4. The molecule has 0 aliphatic rings. The van der Waals surface area contributed by atoms with Gasteiger partial charge in [-0.15, -0.1) is 0 Å². The topological polar surface area (TPSA) is 90.1 Å². The molecule has 1 N–H and O–H groups in total. The zero-order valence-corrected chi connectivity index (χ0v) is 14.4. The SMILES string of the molecule is O=C(Nc1cccc(I)c1)c1ccc(-n2ccnc2)c([N+](=O)[O-])c1. The first-order chi connectivity index (χ1) is 11.5. The molecule has 24 heavy (non-hydrogen) atoms. The molecule has 0 saturated heterocycles. The summed E-state index contributed by atoms with van der Waals surface area (Å²) >= 11 is 2.14. The average Bonchev–Trinajstić information content (AvgIpc) is 3.08. The Hall–Kier alpha value is -2.75. The Morgan fingerprint density at radius 1 is 1.25 bits per heavy atom. The molecule has 0 unspecified atom stereocenters. The third kappa shape index (κ3) is 3.43. The largest absolute Gasteiger partial charge is 0.322 e. The number of nitrogens with one attached hydrogen (secondary N) is 1. The molecule has 2 aromatic carbocycles. The first kappa shape index (κ1) is 16.1. The third-order valence-electron chi connectivity index (χ3n) is 3.30. The second-order valence-electron chi connectivity index (χ2n) is 4.90. The van der Waals surface area contributed by atoms with Gasteiger partial charge in [0.2, 0.25) is 0 Å². The monoisotopic (exact) mass is 434 g/mol. The molecule has 0 bridgehead atoms. The molecule has 8 heteroatoms. The van der Waals surface area contributed by atoms with Crippen molar-refractivity contribution in [3.63, 3.8) is 0 Å². The molecule has 0 saturated carbocycles. The van der Waals surface area contributed by atoms with Crippen molar-refractivity contribution in [2.75, 3.05) is 5.32 Å². The van der Waals surface area contributed by atoms with Gasteiger partial charge in [0.05, 0.1) is 11.3 Å². The molecule has 1 aromatic heterocycles. The lowest BCUT2D eigenvalue weighted by Crippen LogP contribution is -2.12. The summed E-state index contributed by atoms with van der Waals surface area (Å²) < 4.78 is 2.51. The van der Waals surface area contributed by atoms with Crippen molar-refractivity contribution in [2.45, 2.75) is 0 Å². The Bertz CT molecular complexity index is 909. The zero-order chi connectivity index (χ0) is 17.1. The fraction of sp³-hybridized carbons (Fsp3) is 0. The second-order valence-corrected chi connectivity index (χ2v) is 6.14. The molecule has 0 radical (unpaired) electrons. The number of benzene rings is 2. The normalized spacial score (nSPS) is 10.4. The molecule has 120 valence electrons. The predicted molar refractivity (Wildman–Crippen MR) is 97.3 cm³/mol. The van der Waals surface area contributed by atoms with E-state index >= 15 is 0 Å². The Labute approximate surface area is 150 Å². The van der Waals surface area contributed by atoms with Crippen LogP contribution < -0.4 is 5.32 Å². The number of hydrogen-bond donors (Lipinski definition) is 1. The second kappa shape index (κ2) is 6.79. The van der Waals surface area contributed by atoms with Crippen molar-refractivity contribution in [1.29, 1.82) is 0 Å². The number of carbonyl (C=O) groups excluding carboxylic acids is 1. The molecular formula is C16H11IN4O3. The lowest BCUT2D eigenvalue weighted by molar-refractivity contribution is -0.384.